The van der Waals surface area contributed by atoms with E-state index in [0.29, 0.717) is 30.2 Å². The number of halogens is 1. The van der Waals surface area contributed by atoms with Gasteiger partial charge >= 0.3 is 0 Å². The third-order valence-corrected chi connectivity index (χ3v) is 4.27. The topological polar surface area (TPSA) is 47.6 Å². The summed E-state index contributed by atoms with van der Waals surface area (Å²) in [5.41, 5.74) is 1.39. The van der Waals surface area contributed by atoms with Crippen molar-refractivity contribution < 1.29 is 14.3 Å². The van der Waals surface area contributed by atoms with Crippen molar-refractivity contribution in [2.45, 2.75) is 0 Å². The zero-order valence-corrected chi connectivity index (χ0v) is 13.9. The Morgan fingerprint density at radius 1 is 1.35 bits per heavy atom. The Kier molecular flexibility index (Phi) is 5.81. The van der Waals surface area contributed by atoms with Crippen LogP contribution in [0.15, 0.2) is 35.7 Å². The van der Waals surface area contributed by atoms with Gasteiger partial charge < -0.3 is 14.8 Å². The van der Waals surface area contributed by atoms with Gasteiger partial charge in [-0.2, -0.15) is 0 Å². The van der Waals surface area contributed by atoms with Gasteiger partial charge in [0, 0.05) is 24.2 Å². The van der Waals surface area contributed by atoms with Crippen LogP contribution in [-0.2, 0) is 4.74 Å². The van der Waals surface area contributed by atoms with Crippen molar-refractivity contribution >= 4 is 45.5 Å². The summed E-state index contributed by atoms with van der Waals surface area (Å²) in [6, 6.07) is 9.18. The molecule has 1 aromatic heterocycles. The molecule has 0 aliphatic heterocycles. The Balaban J connectivity index is 1.98. The monoisotopic (exact) mass is 403 g/mol. The highest BCUT2D eigenvalue weighted by molar-refractivity contribution is 14.1. The molecular weight excluding hydrogens is 389 g/mol. The normalized spacial score (nSPS) is 10.3. The first-order valence-electron chi connectivity index (χ1n) is 5.96. The predicted octanol–water partition coefficient (Wildman–Crippen LogP) is 3.63. The van der Waals surface area contributed by atoms with Crippen LogP contribution in [0.5, 0.6) is 5.75 Å². The number of methoxy groups -OCH3 is 1. The lowest BCUT2D eigenvalue weighted by Gasteiger charge is -2.08. The highest BCUT2D eigenvalue weighted by atomic mass is 127. The minimum absolute atomic E-state index is 0.113. The first-order valence-corrected chi connectivity index (χ1v) is 7.92. The number of hydrogen-bond donors (Lipinski definition) is 1. The second kappa shape index (κ2) is 7.61. The van der Waals surface area contributed by atoms with Crippen molar-refractivity contribution in [1.82, 2.24) is 0 Å². The number of carbonyl (C=O) groups excluding carboxylic acids is 1. The summed E-state index contributed by atoms with van der Waals surface area (Å²) in [4.78, 5) is 12.0. The van der Waals surface area contributed by atoms with E-state index in [4.69, 9.17) is 9.47 Å². The molecule has 0 fully saturated rings. The summed E-state index contributed by atoms with van der Waals surface area (Å²) in [6.45, 7) is 1.01. The van der Waals surface area contributed by atoms with Gasteiger partial charge in [0.05, 0.1) is 15.1 Å². The second-order valence-corrected chi connectivity index (χ2v) is 6.77. The van der Waals surface area contributed by atoms with Crippen LogP contribution in [0.1, 0.15) is 10.4 Å². The number of nitrogens with one attached hydrogen (secondary N) is 1. The smallest absolute Gasteiger partial charge is 0.256 e. The first kappa shape index (κ1) is 15.3. The Labute approximate surface area is 135 Å². The molecule has 0 bridgehead atoms. The van der Waals surface area contributed by atoms with Gasteiger partial charge in [0.25, 0.3) is 5.91 Å². The minimum Gasteiger partial charge on any atom is -0.491 e. The van der Waals surface area contributed by atoms with Crippen molar-refractivity contribution in [3.63, 3.8) is 0 Å². The van der Waals surface area contributed by atoms with Gasteiger partial charge in [-0.15, -0.1) is 11.3 Å². The fourth-order valence-corrected chi connectivity index (χ4v) is 2.87. The van der Waals surface area contributed by atoms with Crippen LogP contribution in [0.2, 0.25) is 0 Å². The molecule has 1 aromatic carbocycles. The third-order valence-electron chi connectivity index (χ3n) is 2.48. The molecule has 4 nitrogen and oxygen atoms in total. The molecule has 0 aliphatic carbocycles. The van der Waals surface area contributed by atoms with Gasteiger partial charge in [-0.1, -0.05) is 6.07 Å². The maximum Gasteiger partial charge on any atom is 0.256 e. The van der Waals surface area contributed by atoms with Gasteiger partial charge in [0.15, 0.2) is 0 Å². The van der Waals surface area contributed by atoms with E-state index in [1.165, 1.54) is 0 Å². The van der Waals surface area contributed by atoms with Crippen molar-refractivity contribution in [2.75, 3.05) is 25.6 Å². The molecule has 1 amide bonds. The first-order chi connectivity index (χ1) is 9.69. The van der Waals surface area contributed by atoms with Crippen LogP contribution in [0.3, 0.4) is 0 Å². The lowest BCUT2D eigenvalue weighted by Crippen LogP contribution is -2.11. The van der Waals surface area contributed by atoms with Gasteiger partial charge in [-0.3, -0.25) is 4.79 Å². The Hall–Kier alpha value is -1.12. The number of ether oxygens (including phenoxy) is 2. The van der Waals surface area contributed by atoms with Crippen molar-refractivity contribution in [3.05, 3.63) is 44.2 Å². The largest absolute Gasteiger partial charge is 0.491 e. The molecule has 0 saturated carbocycles. The molecular formula is C14H14INO3S. The molecule has 20 heavy (non-hydrogen) atoms. The van der Waals surface area contributed by atoms with Crippen molar-refractivity contribution in [2.24, 2.45) is 0 Å². The van der Waals surface area contributed by atoms with E-state index in [1.54, 1.807) is 24.5 Å². The SMILES string of the molecule is COCCOc1cccc(NC(=O)c2csc(I)c2)c1. The van der Waals surface area contributed by atoms with Crippen molar-refractivity contribution in [3.8, 4) is 5.75 Å². The van der Waals surface area contributed by atoms with Crippen LogP contribution in [0, 0.1) is 2.88 Å². The maximum atomic E-state index is 12.0. The molecule has 0 saturated heterocycles. The average molecular weight is 403 g/mol. The van der Waals surface area contributed by atoms with E-state index < -0.39 is 0 Å². The highest BCUT2D eigenvalue weighted by Gasteiger charge is 2.08. The Morgan fingerprint density at radius 2 is 2.20 bits per heavy atom. The Bertz CT molecular complexity index is 585. The lowest BCUT2D eigenvalue weighted by molar-refractivity contribution is 0.102. The lowest BCUT2D eigenvalue weighted by atomic mass is 10.2. The molecule has 0 aliphatic rings. The zero-order valence-electron chi connectivity index (χ0n) is 10.9. The number of anilines is 1. The van der Waals surface area contributed by atoms with E-state index in [-0.39, 0.29) is 5.91 Å². The van der Waals surface area contributed by atoms with E-state index >= 15 is 0 Å². The van der Waals surface area contributed by atoms with E-state index in [1.807, 2.05) is 29.6 Å². The third kappa shape index (κ3) is 4.46. The van der Waals surface area contributed by atoms with Crippen LogP contribution in [-0.4, -0.2) is 26.2 Å². The van der Waals surface area contributed by atoms with Gasteiger partial charge in [-0.05, 0) is 40.8 Å². The van der Waals surface area contributed by atoms with E-state index in [2.05, 4.69) is 27.9 Å². The van der Waals surface area contributed by atoms with Crippen LogP contribution < -0.4 is 10.1 Å². The second-order valence-electron chi connectivity index (χ2n) is 3.96. The predicted molar refractivity (Wildman–Crippen MR) is 88.8 cm³/mol. The fraction of sp³-hybridized carbons (Fsp3) is 0.214. The molecule has 6 heteroatoms. The molecule has 0 radical (unpaired) electrons. The molecule has 106 valence electrons. The number of benzene rings is 1. The molecule has 0 unspecified atom stereocenters. The summed E-state index contributed by atoms with van der Waals surface area (Å²) in [5.74, 6) is 0.595. The number of carbonyl (C=O) groups is 1. The summed E-state index contributed by atoms with van der Waals surface area (Å²) >= 11 is 3.74. The molecule has 2 rings (SSSR count). The van der Waals surface area contributed by atoms with Crippen molar-refractivity contribution in [1.29, 1.82) is 0 Å². The minimum atomic E-state index is -0.113. The van der Waals surface area contributed by atoms with Crippen LogP contribution in [0.25, 0.3) is 0 Å². The average Bonchev–Trinajstić information content (AvgIpc) is 2.86. The number of rotatable bonds is 6. The van der Waals surface area contributed by atoms with E-state index in [9.17, 15) is 4.79 Å². The fourth-order valence-electron chi connectivity index (χ4n) is 1.54. The summed E-state index contributed by atoms with van der Waals surface area (Å²) in [7, 11) is 1.63. The molecule has 1 N–H and O–H groups in total. The zero-order chi connectivity index (χ0) is 14.4. The van der Waals surface area contributed by atoms with Gasteiger partial charge in [-0.25, -0.2) is 0 Å². The quantitative estimate of drug-likeness (QED) is 0.592. The van der Waals surface area contributed by atoms with Crippen LogP contribution >= 0.6 is 33.9 Å². The summed E-state index contributed by atoms with van der Waals surface area (Å²) in [6.07, 6.45) is 0. The molecule has 1 heterocycles. The number of hydrogen-bond acceptors (Lipinski definition) is 4. The molecule has 0 atom stereocenters. The van der Waals surface area contributed by atoms with Gasteiger partial charge in [0.1, 0.15) is 12.4 Å². The number of thiophene rings is 1. The highest BCUT2D eigenvalue weighted by Crippen LogP contribution is 2.20. The van der Waals surface area contributed by atoms with Gasteiger partial charge in [0.2, 0.25) is 0 Å². The maximum absolute atomic E-state index is 12.0. The summed E-state index contributed by atoms with van der Waals surface area (Å²) in [5, 5.41) is 4.70. The standard InChI is InChI=1S/C14H14INO3S/c1-18-5-6-19-12-4-2-3-11(8-12)16-14(17)10-7-13(15)20-9-10/h2-4,7-9H,5-6H2,1H3,(H,16,17). The van der Waals surface area contributed by atoms with E-state index in [0.717, 1.165) is 2.88 Å². The Morgan fingerprint density at radius 3 is 2.90 bits per heavy atom. The molecule has 2 aromatic rings. The number of amides is 1. The summed E-state index contributed by atoms with van der Waals surface area (Å²) < 4.78 is 11.5. The van der Waals surface area contributed by atoms with Crippen LogP contribution in [0.4, 0.5) is 5.69 Å². The molecule has 0 spiro atoms.